The van der Waals surface area contributed by atoms with Crippen LogP contribution in [0.15, 0.2) is 12.3 Å². The molecule has 0 unspecified atom stereocenters. The van der Waals surface area contributed by atoms with Crippen LogP contribution in [-0.4, -0.2) is 25.7 Å². The van der Waals surface area contributed by atoms with Gasteiger partial charge in [-0.1, -0.05) is 20.8 Å². The summed E-state index contributed by atoms with van der Waals surface area (Å²) in [6.45, 7) is 5.35. The summed E-state index contributed by atoms with van der Waals surface area (Å²) in [5.74, 6) is -1.51. The van der Waals surface area contributed by atoms with Crippen molar-refractivity contribution in [1.82, 2.24) is 14.6 Å². The zero-order chi connectivity index (χ0) is 15.3. The van der Waals surface area contributed by atoms with E-state index in [0.29, 0.717) is 16.1 Å². The summed E-state index contributed by atoms with van der Waals surface area (Å²) in [5.41, 5.74) is -1.96. The van der Waals surface area contributed by atoms with E-state index in [4.69, 9.17) is 5.11 Å². The SMILES string of the molecule is CC(C)(C)c1cnn2c(C(F)(F)F)cc(C(=O)O)nc12. The Hall–Kier alpha value is -2.12. The standard InChI is InChI=1S/C12H12F3N3O2/c1-11(2,3)6-5-16-18-8(12(13,14)15)4-7(10(19)20)17-9(6)18/h4-5H,1-3H3,(H,19,20). The molecule has 0 aliphatic heterocycles. The van der Waals surface area contributed by atoms with E-state index in [2.05, 4.69) is 10.1 Å². The Kier molecular flexibility index (Phi) is 2.99. The lowest BCUT2D eigenvalue weighted by Gasteiger charge is -2.17. The van der Waals surface area contributed by atoms with E-state index in [1.807, 2.05) is 0 Å². The van der Waals surface area contributed by atoms with E-state index in [9.17, 15) is 18.0 Å². The third-order valence-electron chi connectivity index (χ3n) is 2.79. The van der Waals surface area contributed by atoms with Gasteiger partial charge in [-0.2, -0.15) is 18.3 Å². The normalized spacial score (nSPS) is 12.9. The summed E-state index contributed by atoms with van der Waals surface area (Å²) in [6, 6.07) is 0.481. The van der Waals surface area contributed by atoms with Gasteiger partial charge in [-0.05, 0) is 5.41 Å². The molecule has 0 saturated heterocycles. The third-order valence-corrected chi connectivity index (χ3v) is 2.79. The van der Waals surface area contributed by atoms with Crippen molar-refractivity contribution in [3.63, 3.8) is 0 Å². The average Bonchev–Trinajstić information content (AvgIpc) is 2.68. The Morgan fingerprint density at radius 2 is 1.90 bits per heavy atom. The Morgan fingerprint density at radius 3 is 2.35 bits per heavy atom. The van der Waals surface area contributed by atoms with E-state index in [1.54, 1.807) is 20.8 Å². The molecule has 5 nitrogen and oxygen atoms in total. The molecule has 0 amide bonds. The molecule has 8 heteroatoms. The number of aromatic carboxylic acids is 1. The summed E-state index contributed by atoms with van der Waals surface area (Å²) in [5, 5.41) is 12.6. The van der Waals surface area contributed by atoms with Crippen LogP contribution in [0.1, 0.15) is 42.5 Å². The molecule has 20 heavy (non-hydrogen) atoms. The first-order valence-electron chi connectivity index (χ1n) is 5.71. The van der Waals surface area contributed by atoms with Gasteiger partial charge in [-0.15, -0.1) is 0 Å². The highest BCUT2D eigenvalue weighted by molar-refractivity contribution is 5.86. The van der Waals surface area contributed by atoms with Gasteiger partial charge >= 0.3 is 12.1 Å². The number of hydrogen-bond donors (Lipinski definition) is 1. The molecule has 0 radical (unpaired) electrons. The minimum atomic E-state index is -4.72. The molecular weight excluding hydrogens is 275 g/mol. The fraction of sp³-hybridized carbons (Fsp3) is 0.417. The van der Waals surface area contributed by atoms with Crippen LogP contribution in [0.4, 0.5) is 13.2 Å². The number of carboxylic acids is 1. The first kappa shape index (κ1) is 14.3. The summed E-state index contributed by atoms with van der Waals surface area (Å²) >= 11 is 0. The van der Waals surface area contributed by atoms with Crippen LogP contribution in [0.25, 0.3) is 5.65 Å². The zero-order valence-electron chi connectivity index (χ0n) is 11.0. The van der Waals surface area contributed by atoms with Gasteiger partial charge in [0.25, 0.3) is 0 Å². The highest BCUT2D eigenvalue weighted by Gasteiger charge is 2.36. The summed E-state index contributed by atoms with van der Waals surface area (Å²) in [6.07, 6.45) is -3.43. The molecule has 0 saturated carbocycles. The lowest BCUT2D eigenvalue weighted by Crippen LogP contribution is -2.17. The van der Waals surface area contributed by atoms with Crippen molar-refractivity contribution in [3.8, 4) is 0 Å². The molecule has 2 aromatic heterocycles. The molecule has 2 heterocycles. The molecular formula is C12H12F3N3O2. The molecule has 2 aromatic rings. The monoisotopic (exact) mass is 287 g/mol. The fourth-order valence-corrected chi connectivity index (χ4v) is 1.80. The minimum absolute atomic E-state index is 0.0928. The quantitative estimate of drug-likeness (QED) is 0.875. The highest BCUT2D eigenvalue weighted by Crippen LogP contribution is 2.32. The minimum Gasteiger partial charge on any atom is -0.477 e. The molecule has 0 spiro atoms. The molecule has 0 fully saturated rings. The van der Waals surface area contributed by atoms with E-state index in [1.165, 1.54) is 6.20 Å². The van der Waals surface area contributed by atoms with Crippen LogP contribution in [-0.2, 0) is 11.6 Å². The van der Waals surface area contributed by atoms with Crippen molar-refractivity contribution >= 4 is 11.6 Å². The van der Waals surface area contributed by atoms with Crippen molar-refractivity contribution in [2.75, 3.05) is 0 Å². The van der Waals surface area contributed by atoms with Gasteiger partial charge in [0.15, 0.2) is 17.0 Å². The van der Waals surface area contributed by atoms with E-state index >= 15 is 0 Å². The van der Waals surface area contributed by atoms with Gasteiger partial charge in [0.1, 0.15) is 0 Å². The third kappa shape index (κ3) is 2.33. The Labute approximate surface area is 112 Å². The Morgan fingerprint density at radius 1 is 1.30 bits per heavy atom. The van der Waals surface area contributed by atoms with Gasteiger partial charge < -0.3 is 5.11 Å². The molecule has 0 aliphatic carbocycles. The van der Waals surface area contributed by atoms with Crippen molar-refractivity contribution in [1.29, 1.82) is 0 Å². The molecule has 0 atom stereocenters. The first-order valence-corrected chi connectivity index (χ1v) is 5.71. The second-order valence-electron chi connectivity index (χ2n) is 5.37. The number of carbonyl (C=O) groups is 1. The maximum absolute atomic E-state index is 13.0. The van der Waals surface area contributed by atoms with Crippen molar-refractivity contribution in [2.45, 2.75) is 32.4 Å². The number of aromatic nitrogens is 3. The summed E-state index contributed by atoms with van der Waals surface area (Å²) < 4.78 is 39.6. The predicted octanol–water partition coefficient (Wildman–Crippen LogP) is 2.74. The summed E-state index contributed by atoms with van der Waals surface area (Å²) in [4.78, 5) is 14.7. The largest absolute Gasteiger partial charge is 0.477 e. The van der Waals surface area contributed by atoms with Crippen LogP contribution in [0.2, 0.25) is 0 Å². The van der Waals surface area contributed by atoms with Crippen LogP contribution >= 0.6 is 0 Å². The summed E-state index contributed by atoms with van der Waals surface area (Å²) in [7, 11) is 0. The molecule has 108 valence electrons. The number of halogens is 3. The van der Waals surface area contributed by atoms with Crippen LogP contribution in [0.3, 0.4) is 0 Å². The number of hydrogen-bond acceptors (Lipinski definition) is 3. The molecule has 0 aliphatic rings. The van der Waals surface area contributed by atoms with Gasteiger partial charge in [0, 0.05) is 11.6 Å². The van der Waals surface area contributed by atoms with Crippen LogP contribution < -0.4 is 0 Å². The van der Waals surface area contributed by atoms with Crippen LogP contribution in [0.5, 0.6) is 0 Å². The topological polar surface area (TPSA) is 67.5 Å². The van der Waals surface area contributed by atoms with Gasteiger partial charge in [0.2, 0.25) is 0 Å². The van der Waals surface area contributed by atoms with Crippen LogP contribution in [0, 0.1) is 0 Å². The van der Waals surface area contributed by atoms with E-state index < -0.39 is 28.9 Å². The second kappa shape index (κ2) is 4.19. The Bertz CT molecular complexity index is 684. The molecule has 1 N–H and O–H groups in total. The maximum Gasteiger partial charge on any atom is 0.433 e. The number of rotatable bonds is 1. The lowest BCUT2D eigenvalue weighted by atomic mass is 9.89. The predicted molar refractivity (Wildman–Crippen MR) is 63.6 cm³/mol. The molecule has 2 rings (SSSR count). The molecule has 0 bridgehead atoms. The fourth-order valence-electron chi connectivity index (χ4n) is 1.80. The van der Waals surface area contributed by atoms with Crippen molar-refractivity contribution in [3.05, 3.63) is 29.2 Å². The van der Waals surface area contributed by atoms with Crippen molar-refractivity contribution < 1.29 is 23.1 Å². The number of nitrogens with zero attached hydrogens (tertiary/aromatic N) is 3. The van der Waals surface area contributed by atoms with Gasteiger partial charge in [0.05, 0.1) is 6.20 Å². The highest BCUT2D eigenvalue weighted by atomic mass is 19.4. The maximum atomic E-state index is 13.0. The van der Waals surface area contributed by atoms with E-state index in [0.717, 1.165) is 0 Å². The number of carboxylic acid groups (broad SMARTS) is 1. The van der Waals surface area contributed by atoms with Crippen molar-refractivity contribution in [2.24, 2.45) is 0 Å². The van der Waals surface area contributed by atoms with Gasteiger partial charge in [-0.25, -0.2) is 14.3 Å². The number of fused-ring (bicyclic) bond motifs is 1. The Balaban J connectivity index is 2.87. The number of alkyl halides is 3. The second-order valence-corrected chi connectivity index (χ2v) is 5.37. The van der Waals surface area contributed by atoms with E-state index in [-0.39, 0.29) is 5.65 Å². The first-order chi connectivity index (χ1) is 9.01. The van der Waals surface area contributed by atoms with Gasteiger partial charge in [-0.3, -0.25) is 0 Å². The molecule has 0 aromatic carbocycles. The smallest absolute Gasteiger partial charge is 0.433 e. The average molecular weight is 287 g/mol. The lowest BCUT2D eigenvalue weighted by molar-refractivity contribution is -0.142. The zero-order valence-corrected chi connectivity index (χ0v) is 11.0.